The van der Waals surface area contributed by atoms with E-state index in [4.69, 9.17) is 0 Å². The largest absolute Gasteiger partial charge is 0.396 e. The monoisotopic (exact) mass is 186 g/mol. The first kappa shape index (κ1) is 11.0. The van der Waals surface area contributed by atoms with E-state index in [-0.39, 0.29) is 18.1 Å². The van der Waals surface area contributed by atoms with E-state index in [1.807, 2.05) is 0 Å². The van der Waals surface area contributed by atoms with Gasteiger partial charge >= 0.3 is 0 Å². The lowest BCUT2D eigenvalue weighted by Crippen LogP contribution is -2.39. The van der Waals surface area contributed by atoms with Crippen LogP contribution in [0.15, 0.2) is 0 Å². The summed E-state index contributed by atoms with van der Waals surface area (Å²) < 4.78 is 0. The smallest absolute Gasteiger partial charge is 0.0576 e. The fourth-order valence-electron chi connectivity index (χ4n) is 2.39. The Hall–Kier alpha value is -0.0800. The molecule has 0 spiro atoms. The van der Waals surface area contributed by atoms with Gasteiger partial charge in [0.15, 0.2) is 0 Å². The van der Waals surface area contributed by atoms with Crippen molar-refractivity contribution in [1.29, 1.82) is 0 Å². The first-order valence-corrected chi connectivity index (χ1v) is 5.27. The van der Waals surface area contributed by atoms with E-state index in [1.165, 1.54) is 0 Å². The highest BCUT2D eigenvalue weighted by molar-refractivity contribution is 4.88. The zero-order chi connectivity index (χ0) is 10.1. The molecule has 3 unspecified atom stereocenters. The van der Waals surface area contributed by atoms with E-state index in [2.05, 4.69) is 20.8 Å². The summed E-state index contributed by atoms with van der Waals surface area (Å²) in [4.78, 5) is 0. The van der Waals surface area contributed by atoms with Gasteiger partial charge in [-0.2, -0.15) is 0 Å². The van der Waals surface area contributed by atoms with E-state index in [1.54, 1.807) is 0 Å². The Balaban J connectivity index is 2.56. The van der Waals surface area contributed by atoms with Gasteiger partial charge in [-0.3, -0.25) is 0 Å². The van der Waals surface area contributed by atoms with E-state index in [9.17, 15) is 10.2 Å². The maximum Gasteiger partial charge on any atom is 0.0576 e. The van der Waals surface area contributed by atoms with Crippen molar-refractivity contribution < 1.29 is 10.2 Å². The molecule has 0 saturated heterocycles. The third kappa shape index (κ3) is 2.44. The minimum Gasteiger partial charge on any atom is -0.396 e. The highest BCUT2D eigenvalue weighted by atomic mass is 16.3. The fourth-order valence-corrected chi connectivity index (χ4v) is 2.39. The van der Waals surface area contributed by atoms with Gasteiger partial charge in [0.25, 0.3) is 0 Å². The van der Waals surface area contributed by atoms with E-state index in [0.717, 1.165) is 19.3 Å². The second kappa shape index (κ2) is 3.97. The highest BCUT2D eigenvalue weighted by Crippen LogP contribution is 2.40. The maximum atomic E-state index is 9.89. The SMILES string of the molecule is CC(C)C1CCC(C)(CO)CC1O. The van der Waals surface area contributed by atoms with Gasteiger partial charge in [-0.15, -0.1) is 0 Å². The van der Waals surface area contributed by atoms with Crippen molar-refractivity contribution in [3.05, 3.63) is 0 Å². The molecular formula is C11H22O2. The average Bonchev–Trinajstić information content (AvgIpc) is 2.03. The van der Waals surface area contributed by atoms with Gasteiger partial charge in [0.2, 0.25) is 0 Å². The Labute approximate surface area is 81.0 Å². The van der Waals surface area contributed by atoms with Crippen molar-refractivity contribution in [2.45, 2.75) is 46.1 Å². The molecule has 2 heteroatoms. The lowest BCUT2D eigenvalue weighted by molar-refractivity contribution is -0.0311. The second-order valence-corrected chi connectivity index (χ2v) is 5.19. The zero-order valence-corrected chi connectivity index (χ0v) is 8.95. The molecule has 2 nitrogen and oxygen atoms in total. The topological polar surface area (TPSA) is 40.5 Å². The summed E-state index contributed by atoms with van der Waals surface area (Å²) in [5.41, 5.74) is -0.0369. The molecule has 78 valence electrons. The molecule has 0 bridgehead atoms. The van der Waals surface area contributed by atoms with Crippen LogP contribution in [0.1, 0.15) is 40.0 Å². The van der Waals surface area contributed by atoms with Crippen molar-refractivity contribution in [2.75, 3.05) is 6.61 Å². The number of aliphatic hydroxyl groups excluding tert-OH is 2. The molecule has 0 amide bonds. The van der Waals surface area contributed by atoms with E-state index >= 15 is 0 Å². The predicted molar refractivity (Wildman–Crippen MR) is 53.4 cm³/mol. The summed E-state index contributed by atoms with van der Waals surface area (Å²) in [5, 5.41) is 19.1. The van der Waals surface area contributed by atoms with Crippen molar-refractivity contribution in [2.24, 2.45) is 17.3 Å². The first-order valence-electron chi connectivity index (χ1n) is 5.27. The predicted octanol–water partition coefficient (Wildman–Crippen LogP) is 1.80. The van der Waals surface area contributed by atoms with Crippen molar-refractivity contribution in [3.8, 4) is 0 Å². The van der Waals surface area contributed by atoms with Crippen LogP contribution in [-0.2, 0) is 0 Å². The van der Waals surface area contributed by atoms with Gasteiger partial charge in [0.05, 0.1) is 6.10 Å². The van der Waals surface area contributed by atoms with E-state index in [0.29, 0.717) is 11.8 Å². The molecule has 1 rings (SSSR count). The second-order valence-electron chi connectivity index (χ2n) is 5.19. The summed E-state index contributed by atoms with van der Waals surface area (Å²) in [6, 6.07) is 0. The molecule has 0 aromatic heterocycles. The van der Waals surface area contributed by atoms with Crippen LogP contribution in [0.2, 0.25) is 0 Å². The fraction of sp³-hybridized carbons (Fsp3) is 1.00. The van der Waals surface area contributed by atoms with Crippen molar-refractivity contribution >= 4 is 0 Å². The quantitative estimate of drug-likeness (QED) is 0.690. The van der Waals surface area contributed by atoms with Crippen LogP contribution in [0.25, 0.3) is 0 Å². The molecule has 0 aliphatic heterocycles. The number of aliphatic hydroxyl groups is 2. The van der Waals surface area contributed by atoms with Gasteiger partial charge in [-0.05, 0) is 36.5 Å². The molecule has 3 atom stereocenters. The van der Waals surface area contributed by atoms with Crippen LogP contribution >= 0.6 is 0 Å². The Kier molecular flexibility index (Phi) is 3.36. The van der Waals surface area contributed by atoms with Crippen LogP contribution < -0.4 is 0 Å². The molecule has 1 aliphatic carbocycles. The van der Waals surface area contributed by atoms with Gasteiger partial charge in [0.1, 0.15) is 0 Å². The van der Waals surface area contributed by atoms with Crippen molar-refractivity contribution in [3.63, 3.8) is 0 Å². The number of hydrogen-bond donors (Lipinski definition) is 2. The first-order chi connectivity index (χ1) is 5.98. The molecule has 0 radical (unpaired) electrons. The minimum atomic E-state index is -0.217. The third-order valence-electron chi connectivity index (χ3n) is 3.52. The molecule has 13 heavy (non-hydrogen) atoms. The summed E-state index contributed by atoms with van der Waals surface area (Å²) in [5.74, 6) is 0.984. The summed E-state index contributed by atoms with van der Waals surface area (Å²) in [6.07, 6.45) is 2.64. The molecule has 0 aromatic rings. The Morgan fingerprint density at radius 3 is 2.46 bits per heavy atom. The summed E-state index contributed by atoms with van der Waals surface area (Å²) in [6.45, 7) is 6.59. The molecule has 0 heterocycles. The lowest BCUT2D eigenvalue weighted by Gasteiger charge is -2.41. The van der Waals surface area contributed by atoms with Crippen LogP contribution in [-0.4, -0.2) is 22.9 Å². The molecule has 1 saturated carbocycles. The van der Waals surface area contributed by atoms with Gasteiger partial charge in [-0.1, -0.05) is 20.8 Å². The Morgan fingerprint density at radius 2 is 2.08 bits per heavy atom. The number of hydrogen-bond acceptors (Lipinski definition) is 2. The average molecular weight is 186 g/mol. The van der Waals surface area contributed by atoms with Crippen LogP contribution in [0, 0.1) is 17.3 Å². The highest BCUT2D eigenvalue weighted by Gasteiger charge is 2.37. The minimum absolute atomic E-state index is 0.0369. The number of rotatable bonds is 2. The normalized spacial score (nSPS) is 41.1. The maximum absolute atomic E-state index is 9.89. The summed E-state index contributed by atoms with van der Waals surface area (Å²) >= 11 is 0. The third-order valence-corrected chi connectivity index (χ3v) is 3.52. The molecule has 1 aliphatic rings. The zero-order valence-electron chi connectivity index (χ0n) is 8.95. The van der Waals surface area contributed by atoms with Crippen molar-refractivity contribution in [1.82, 2.24) is 0 Å². The van der Waals surface area contributed by atoms with Gasteiger partial charge in [-0.25, -0.2) is 0 Å². The van der Waals surface area contributed by atoms with E-state index < -0.39 is 0 Å². The molecule has 2 N–H and O–H groups in total. The van der Waals surface area contributed by atoms with Gasteiger partial charge < -0.3 is 10.2 Å². The Bertz CT molecular complexity index is 167. The van der Waals surface area contributed by atoms with Crippen LogP contribution in [0.3, 0.4) is 0 Å². The molecule has 0 aromatic carbocycles. The van der Waals surface area contributed by atoms with Gasteiger partial charge in [0, 0.05) is 6.61 Å². The summed E-state index contributed by atoms with van der Waals surface area (Å²) in [7, 11) is 0. The Morgan fingerprint density at radius 1 is 1.46 bits per heavy atom. The lowest BCUT2D eigenvalue weighted by atomic mass is 9.68. The standard InChI is InChI=1S/C11H22O2/c1-8(2)9-4-5-11(3,7-12)6-10(9)13/h8-10,12-13H,4-7H2,1-3H3. The van der Waals surface area contributed by atoms with Crippen LogP contribution in [0.4, 0.5) is 0 Å². The molecular weight excluding hydrogens is 164 g/mol. The molecule has 1 fully saturated rings. The van der Waals surface area contributed by atoms with Crippen LogP contribution in [0.5, 0.6) is 0 Å².